The van der Waals surface area contributed by atoms with Crippen LogP contribution >= 0.6 is 22.9 Å². The van der Waals surface area contributed by atoms with Crippen LogP contribution < -0.4 is 4.90 Å². The van der Waals surface area contributed by atoms with Crippen LogP contribution in [0.1, 0.15) is 32.0 Å². The van der Waals surface area contributed by atoms with Gasteiger partial charge in [0.05, 0.1) is 16.5 Å². The topological polar surface area (TPSA) is 80.8 Å². The molecule has 0 aliphatic carbocycles. The first-order chi connectivity index (χ1) is 15.4. The van der Waals surface area contributed by atoms with Gasteiger partial charge in [0.1, 0.15) is 0 Å². The molecule has 0 bridgehead atoms. The summed E-state index contributed by atoms with van der Waals surface area (Å²) in [6, 6.07) is 16.8. The number of rotatable bonds is 7. The van der Waals surface area contributed by atoms with Gasteiger partial charge in [0.2, 0.25) is 11.7 Å². The first-order valence-corrected chi connectivity index (χ1v) is 11.1. The fraction of sp³-hybridized carbons (Fsp3) is 0.167. The molecule has 162 valence electrons. The van der Waals surface area contributed by atoms with E-state index in [4.69, 9.17) is 16.3 Å². The Kier molecular flexibility index (Phi) is 6.48. The van der Waals surface area contributed by atoms with Crippen molar-refractivity contribution in [2.45, 2.75) is 6.42 Å². The maximum Gasteiger partial charge on any atom is 0.311 e. The number of hydrogen-bond acceptors (Lipinski definition) is 6. The molecule has 2 heterocycles. The van der Waals surface area contributed by atoms with Crippen molar-refractivity contribution >= 4 is 52.1 Å². The van der Waals surface area contributed by atoms with Gasteiger partial charge in [-0.1, -0.05) is 48.0 Å². The number of thiophene rings is 1. The van der Waals surface area contributed by atoms with Gasteiger partial charge in [-0.3, -0.25) is 19.2 Å². The van der Waals surface area contributed by atoms with Gasteiger partial charge in [0, 0.05) is 29.1 Å². The van der Waals surface area contributed by atoms with Crippen molar-refractivity contribution in [3.63, 3.8) is 0 Å². The zero-order valence-electron chi connectivity index (χ0n) is 16.8. The summed E-state index contributed by atoms with van der Waals surface area (Å²) in [6.45, 7) is -0.315. The molecule has 32 heavy (non-hydrogen) atoms. The number of ether oxygens (including phenoxy) is 1. The predicted molar refractivity (Wildman–Crippen MR) is 121 cm³/mol. The standard InChI is InChI=1S/C24H18ClNO5S/c25-17-8-9-19(18(12-17)23(29)15-5-2-1-3-6-15)26-13-16(11-22(26)28)24(30)31-14-20(27)21-7-4-10-32-21/h1-10,12,16H,11,13-14H2/t16-/m1/s1. The second-order valence-electron chi connectivity index (χ2n) is 7.27. The van der Waals surface area contributed by atoms with Crippen LogP contribution in [0.15, 0.2) is 66.0 Å². The number of esters is 1. The fourth-order valence-corrected chi connectivity index (χ4v) is 4.36. The lowest BCUT2D eigenvalue weighted by Gasteiger charge is -2.20. The highest BCUT2D eigenvalue weighted by molar-refractivity contribution is 7.12. The minimum absolute atomic E-state index is 0.0571. The largest absolute Gasteiger partial charge is 0.457 e. The van der Waals surface area contributed by atoms with Gasteiger partial charge >= 0.3 is 5.97 Å². The van der Waals surface area contributed by atoms with Crippen molar-refractivity contribution in [2.75, 3.05) is 18.1 Å². The zero-order valence-corrected chi connectivity index (χ0v) is 18.4. The Hall–Kier alpha value is -3.29. The average molecular weight is 468 g/mol. The molecule has 8 heteroatoms. The maximum absolute atomic E-state index is 13.1. The Bertz CT molecular complexity index is 1180. The second kappa shape index (κ2) is 9.46. The molecule has 0 unspecified atom stereocenters. The maximum atomic E-state index is 13.1. The van der Waals surface area contributed by atoms with E-state index in [2.05, 4.69) is 0 Å². The Balaban J connectivity index is 1.50. The van der Waals surface area contributed by atoms with Crippen LogP contribution in [0.4, 0.5) is 5.69 Å². The highest BCUT2D eigenvalue weighted by Gasteiger charge is 2.38. The van der Waals surface area contributed by atoms with Crippen LogP contribution in [0, 0.1) is 5.92 Å². The highest BCUT2D eigenvalue weighted by Crippen LogP contribution is 2.32. The van der Waals surface area contributed by atoms with E-state index in [1.165, 1.54) is 22.3 Å². The minimum atomic E-state index is -0.728. The van der Waals surface area contributed by atoms with Crippen LogP contribution in [0.2, 0.25) is 5.02 Å². The summed E-state index contributed by atoms with van der Waals surface area (Å²) in [5, 5.41) is 2.13. The minimum Gasteiger partial charge on any atom is -0.457 e. The molecule has 4 rings (SSSR count). The molecule has 1 saturated heterocycles. The number of halogens is 1. The van der Waals surface area contributed by atoms with E-state index in [1.54, 1.807) is 60.0 Å². The van der Waals surface area contributed by atoms with E-state index >= 15 is 0 Å². The molecule has 1 aromatic heterocycles. The number of Topliss-reactive ketones (excluding diaryl/α,β-unsaturated/α-hetero) is 1. The molecule has 1 atom stereocenters. The summed E-state index contributed by atoms with van der Waals surface area (Å²) in [4.78, 5) is 52.3. The third kappa shape index (κ3) is 4.64. The summed E-state index contributed by atoms with van der Waals surface area (Å²) in [5.41, 5.74) is 1.13. The number of carbonyl (C=O) groups is 4. The average Bonchev–Trinajstić information content (AvgIpc) is 3.47. The van der Waals surface area contributed by atoms with Crippen molar-refractivity contribution < 1.29 is 23.9 Å². The molecule has 1 aliphatic heterocycles. The van der Waals surface area contributed by atoms with E-state index < -0.39 is 11.9 Å². The van der Waals surface area contributed by atoms with Crippen molar-refractivity contribution in [3.05, 3.63) is 87.1 Å². The molecule has 2 aromatic carbocycles. The molecule has 1 amide bonds. The molecular weight excluding hydrogens is 450 g/mol. The number of nitrogens with zero attached hydrogens (tertiary/aromatic N) is 1. The van der Waals surface area contributed by atoms with Crippen LogP contribution in [0.5, 0.6) is 0 Å². The molecule has 6 nitrogen and oxygen atoms in total. The third-order valence-electron chi connectivity index (χ3n) is 5.13. The van der Waals surface area contributed by atoms with Crippen molar-refractivity contribution in [3.8, 4) is 0 Å². The SMILES string of the molecule is O=C(COC(=O)[C@@H]1CC(=O)N(c2ccc(Cl)cc2C(=O)c2ccccc2)C1)c1cccs1. The lowest BCUT2D eigenvalue weighted by atomic mass is 10.0. The second-order valence-corrected chi connectivity index (χ2v) is 8.65. The lowest BCUT2D eigenvalue weighted by Crippen LogP contribution is -2.28. The van der Waals surface area contributed by atoms with E-state index in [0.717, 1.165) is 0 Å². The Morgan fingerprint density at radius 2 is 1.84 bits per heavy atom. The van der Waals surface area contributed by atoms with Crippen LogP contribution in [-0.2, 0) is 14.3 Å². The van der Waals surface area contributed by atoms with Gasteiger partial charge in [-0.05, 0) is 29.6 Å². The fourth-order valence-electron chi connectivity index (χ4n) is 3.53. The van der Waals surface area contributed by atoms with Crippen molar-refractivity contribution in [2.24, 2.45) is 5.92 Å². The summed E-state index contributed by atoms with van der Waals surface area (Å²) < 4.78 is 5.16. The first kappa shape index (κ1) is 21.9. The van der Waals surface area contributed by atoms with Gasteiger partial charge in [0.25, 0.3) is 0 Å². The van der Waals surface area contributed by atoms with Gasteiger partial charge < -0.3 is 9.64 Å². The predicted octanol–water partition coefficient (Wildman–Crippen LogP) is 4.41. The summed E-state index contributed by atoms with van der Waals surface area (Å²) in [7, 11) is 0. The van der Waals surface area contributed by atoms with Crippen LogP contribution in [-0.4, -0.2) is 36.6 Å². The number of hydrogen-bond donors (Lipinski definition) is 0. The highest BCUT2D eigenvalue weighted by atomic mass is 35.5. The lowest BCUT2D eigenvalue weighted by molar-refractivity contribution is -0.147. The smallest absolute Gasteiger partial charge is 0.311 e. The molecule has 0 spiro atoms. The summed E-state index contributed by atoms with van der Waals surface area (Å²) in [6.07, 6.45) is -0.0619. The molecular formula is C24H18ClNO5S. The molecule has 0 saturated carbocycles. The van der Waals surface area contributed by atoms with E-state index in [-0.39, 0.29) is 42.6 Å². The molecule has 3 aromatic rings. The third-order valence-corrected chi connectivity index (χ3v) is 6.28. The number of benzene rings is 2. The van der Waals surface area contributed by atoms with Gasteiger partial charge in [-0.25, -0.2) is 0 Å². The van der Waals surface area contributed by atoms with Gasteiger partial charge in [0.15, 0.2) is 12.4 Å². The van der Waals surface area contributed by atoms with Crippen molar-refractivity contribution in [1.82, 2.24) is 0 Å². The molecule has 0 N–H and O–H groups in total. The summed E-state index contributed by atoms with van der Waals surface area (Å²) in [5.74, 6) is -2.21. The van der Waals surface area contributed by atoms with E-state index in [9.17, 15) is 19.2 Å². The van der Waals surface area contributed by atoms with Crippen LogP contribution in [0.25, 0.3) is 0 Å². The number of carbonyl (C=O) groups excluding carboxylic acids is 4. The molecule has 1 fully saturated rings. The first-order valence-electron chi connectivity index (χ1n) is 9.87. The van der Waals surface area contributed by atoms with Gasteiger partial charge in [-0.2, -0.15) is 0 Å². The normalized spacial score (nSPS) is 15.6. The Morgan fingerprint density at radius 1 is 1.06 bits per heavy atom. The number of amides is 1. The number of ketones is 2. The number of anilines is 1. The van der Waals surface area contributed by atoms with E-state index in [0.29, 0.717) is 21.2 Å². The van der Waals surface area contributed by atoms with Crippen LogP contribution in [0.3, 0.4) is 0 Å². The Labute approximate surface area is 193 Å². The Morgan fingerprint density at radius 3 is 2.56 bits per heavy atom. The quantitative estimate of drug-likeness (QED) is 0.379. The van der Waals surface area contributed by atoms with Crippen molar-refractivity contribution in [1.29, 1.82) is 0 Å². The molecule has 1 aliphatic rings. The monoisotopic (exact) mass is 467 g/mol. The van der Waals surface area contributed by atoms with E-state index in [1.807, 2.05) is 0 Å². The zero-order chi connectivity index (χ0) is 22.7. The molecule has 0 radical (unpaired) electrons. The summed E-state index contributed by atoms with van der Waals surface area (Å²) >= 11 is 7.39. The van der Waals surface area contributed by atoms with Gasteiger partial charge in [-0.15, -0.1) is 11.3 Å².